The summed E-state index contributed by atoms with van der Waals surface area (Å²) in [5.41, 5.74) is 2.28. The van der Waals surface area contributed by atoms with Gasteiger partial charge in [0.2, 0.25) is 0 Å². The molecule has 4 rings (SSSR count). The third-order valence-electron chi connectivity index (χ3n) is 5.47. The quantitative estimate of drug-likeness (QED) is 0.833. The van der Waals surface area contributed by atoms with Gasteiger partial charge in [-0.3, -0.25) is 0 Å². The van der Waals surface area contributed by atoms with E-state index in [0.29, 0.717) is 0 Å². The Kier molecular flexibility index (Phi) is 3.78. The maximum atomic E-state index is 12.9. The molecule has 2 bridgehead atoms. The Balaban J connectivity index is 1.65. The zero-order chi connectivity index (χ0) is 16.7. The minimum Gasteiger partial charge on any atom is -0.468 e. The average molecular weight is 327 g/mol. The number of nitrogens with one attached hydrogen (secondary N) is 1. The van der Waals surface area contributed by atoms with E-state index in [1.807, 2.05) is 32.0 Å². The lowest BCUT2D eigenvalue weighted by Crippen LogP contribution is -2.54. The first-order valence-corrected chi connectivity index (χ1v) is 9.04. The fraction of sp³-hybridized carbons (Fsp3) is 0.550. The zero-order valence-corrected chi connectivity index (χ0v) is 14.4. The highest BCUT2D eigenvalue weighted by molar-refractivity contribution is 5.92. The summed E-state index contributed by atoms with van der Waals surface area (Å²) in [5, 5.41) is 3.39. The summed E-state index contributed by atoms with van der Waals surface area (Å²) in [6, 6.07) is 8.02. The fourth-order valence-corrected chi connectivity index (χ4v) is 4.40. The number of carbonyl (C=O) groups is 1. The van der Waals surface area contributed by atoms with E-state index in [-0.39, 0.29) is 18.0 Å². The summed E-state index contributed by atoms with van der Waals surface area (Å²) in [4.78, 5) is 12.9. The van der Waals surface area contributed by atoms with Crippen LogP contribution in [0.1, 0.15) is 63.9 Å². The molecule has 0 radical (unpaired) electrons. The molecule has 2 heterocycles. The van der Waals surface area contributed by atoms with Crippen molar-refractivity contribution in [1.29, 1.82) is 0 Å². The van der Waals surface area contributed by atoms with Crippen LogP contribution in [-0.2, 0) is 9.53 Å². The number of esters is 1. The van der Waals surface area contributed by atoms with Crippen LogP contribution >= 0.6 is 0 Å². The van der Waals surface area contributed by atoms with E-state index in [1.165, 1.54) is 6.42 Å². The number of carbonyl (C=O) groups excluding carboxylic acids is 1. The van der Waals surface area contributed by atoms with Gasteiger partial charge in [-0.25, -0.2) is 4.79 Å². The van der Waals surface area contributed by atoms with Crippen LogP contribution in [0.2, 0.25) is 0 Å². The van der Waals surface area contributed by atoms with Crippen molar-refractivity contribution in [2.24, 2.45) is 0 Å². The Bertz CT molecular complexity index is 690. The van der Waals surface area contributed by atoms with Crippen molar-refractivity contribution in [2.45, 2.75) is 70.1 Å². The van der Waals surface area contributed by atoms with Crippen LogP contribution in [-0.4, -0.2) is 17.8 Å². The van der Waals surface area contributed by atoms with Gasteiger partial charge >= 0.3 is 5.97 Å². The van der Waals surface area contributed by atoms with Crippen molar-refractivity contribution in [3.8, 4) is 5.75 Å². The van der Waals surface area contributed by atoms with E-state index >= 15 is 0 Å². The molecule has 0 saturated heterocycles. The molecule has 2 atom stereocenters. The molecule has 3 aliphatic rings. The lowest BCUT2D eigenvalue weighted by Gasteiger charge is -2.45. The van der Waals surface area contributed by atoms with E-state index in [2.05, 4.69) is 11.4 Å². The normalized spacial score (nSPS) is 29.3. The molecule has 4 heteroatoms. The fourth-order valence-electron chi connectivity index (χ4n) is 4.40. The van der Waals surface area contributed by atoms with E-state index in [0.717, 1.165) is 54.7 Å². The molecular formula is C20H25NO3. The van der Waals surface area contributed by atoms with Gasteiger partial charge in [0.25, 0.3) is 0 Å². The molecule has 0 aromatic heterocycles. The highest BCUT2D eigenvalue weighted by Crippen LogP contribution is 2.47. The molecular weight excluding hydrogens is 302 g/mol. The topological polar surface area (TPSA) is 47.6 Å². The van der Waals surface area contributed by atoms with Crippen LogP contribution < -0.4 is 10.1 Å². The summed E-state index contributed by atoms with van der Waals surface area (Å²) >= 11 is 0. The third-order valence-corrected chi connectivity index (χ3v) is 5.47. The molecule has 2 aliphatic heterocycles. The van der Waals surface area contributed by atoms with Crippen molar-refractivity contribution in [1.82, 2.24) is 5.32 Å². The van der Waals surface area contributed by atoms with Crippen LogP contribution in [0.15, 0.2) is 35.5 Å². The van der Waals surface area contributed by atoms with Gasteiger partial charge in [-0.2, -0.15) is 0 Å². The first kappa shape index (κ1) is 15.6. The average Bonchev–Trinajstić information content (AvgIpc) is 2.54. The van der Waals surface area contributed by atoms with Gasteiger partial charge in [-0.1, -0.05) is 24.6 Å². The number of hydrogen-bond acceptors (Lipinski definition) is 4. The van der Waals surface area contributed by atoms with E-state index in [4.69, 9.17) is 9.47 Å². The first-order valence-electron chi connectivity index (χ1n) is 9.04. The monoisotopic (exact) mass is 327 g/mol. The number of allylic oxidation sites excluding steroid dienone is 1. The Morgan fingerprint density at radius 3 is 2.79 bits per heavy atom. The van der Waals surface area contributed by atoms with Gasteiger partial charge < -0.3 is 14.8 Å². The summed E-state index contributed by atoms with van der Waals surface area (Å²) in [6.07, 6.45) is 6.38. The molecule has 128 valence electrons. The lowest BCUT2D eigenvalue weighted by atomic mass is 9.78. The predicted molar refractivity (Wildman–Crippen MR) is 91.6 cm³/mol. The smallest absolute Gasteiger partial charge is 0.336 e. The molecule has 0 amide bonds. The minimum atomic E-state index is -0.461. The molecule has 1 fully saturated rings. The van der Waals surface area contributed by atoms with Crippen molar-refractivity contribution in [3.05, 3.63) is 41.1 Å². The number of ether oxygens (including phenoxy) is 2. The van der Waals surface area contributed by atoms with Crippen LogP contribution in [0.5, 0.6) is 5.75 Å². The molecule has 1 aromatic rings. The van der Waals surface area contributed by atoms with Gasteiger partial charge in [0.05, 0.1) is 5.57 Å². The number of hydrogen-bond donors (Lipinski definition) is 1. The summed E-state index contributed by atoms with van der Waals surface area (Å²) in [6.45, 7) is 4.00. The summed E-state index contributed by atoms with van der Waals surface area (Å²) in [5.74, 6) is 0.743. The first-order chi connectivity index (χ1) is 11.6. The van der Waals surface area contributed by atoms with Gasteiger partial charge in [0.1, 0.15) is 11.9 Å². The second kappa shape index (κ2) is 5.83. The van der Waals surface area contributed by atoms with E-state index < -0.39 is 5.72 Å². The highest BCUT2D eigenvalue weighted by atomic mass is 16.5. The Hall–Kier alpha value is -1.97. The third kappa shape index (κ3) is 2.68. The largest absolute Gasteiger partial charge is 0.468 e. The molecule has 1 aliphatic carbocycles. The van der Waals surface area contributed by atoms with Crippen LogP contribution in [0.3, 0.4) is 0 Å². The maximum absolute atomic E-state index is 12.9. The van der Waals surface area contributed by atoms with Gasteiger partial charge in [-0.15, -0.1) is 0 Å². The number of fused-ring (bicyclic) bond motifs is 4. The lowest BCUT2D eigenvalue weighted by molar-refractivity contribution is -0.146. The van der Waals surface area contributed by atoms with Crippen LogP contribution in [0, 0.1) is 0 Å². The van der Waals surface area contributed by atoms with Gasteiger partial charge in [0, 0.05) is 23.6 Å². The summed E-state index contributed by atoms with van der Waals surface area (Å²) in [7, 11) is 0. The molecule has 1 saturated carbocycles. The van der Waals surface area contributed by atoms with Crippen LogP contribution in [0.25, 0.3) is 0 Å². The SMILES string of the molecule is CC1=C(C(=O)OC2CCCCC2)C2CC(C)(N1)Oc1ccccc12. The maximum Gasteiger partial charge on any atom is 0.336 e. The van der Waals surface area contributed by atoms with Crippen LogP contribution in [0.4, 0.5) is 0 Å². The molecule has 4 nitrogen and oxygen atoms in total. The Morgan fingerprint density at radius 1 is 1.25 bits per heavy atom. The Labute approximate surface area is 143 Å². The predicted octanol–water partition coefficient (Wildman–Crippen LogP) is 4.02. The second-order valence-corrected chi connectivity index (χ2v) is 7.46. The van der Waals surface area contributed by atoms with E-state index in [9.17, 15) is 4.79 Å². The molecule has 2 unspecified atom stereocenters. The summed E-state index contributed by atoms with van der Waals surface area (Å²) < 4.78 is 12.0. The van der Waals surface area contributed by atoms with Crippen molar-refractivity contribution >= 4 is 5.97 Å². The standard InChI is InChI=1S/C20H25NO3/c1-13-18(19(22)23-14-8-4-3-5-9-14)16-12-20(2,21-13)24-17-11-7-6-10-15(16)17/h6-7,10-11,14,16,21H,3-5,8-9,12H2,1-2H3. The van der Waals surface area contributed by atoms with Crippen molar-refractivity contribution in [3.63, 3.8) is 0 Å². The van der Waals surface area contributed by atoms with Crippen molar-refractivity contribution in [2.75, 3.05) is 0 Å². The van der Waals surface area contributed by atoms with Gasteiger partial charge in [-0.05, 0) is 45.6 Å². The zero-order valence-electron chi connectivity index (χ0n) is 14.4. The molecule has 0 spiro atoms. The highest BCUT2D eigenvalue weighted by Gasteiger charge is 2.45. The van der Waals surface area contributed by atoms with E-state index in [1.54, 1.807) is 0 Å². The minimum absolute atomic E-state index is 0.0392. The number of rotatable bonds is 2. The number of benzene rings is 1. The second-order valence-electron chi connectivity index (χ2n) is 7.46. The Morgan fingerprint density at radius 2 is 2.00 bits per heavy atom. The molecule has 1 aromatic carbocycles. The molecule has 1 N–H and O–H groups in total. The number of para-hydroxylation sites is 1. The van der Waals surface area contributed by atoms with Gasteiger partial charge in [0.15, 0.2) is 5.72 Å². The van der Waals surface area contributed by atoms with Crippen molar-refractivity contribution < 1.29 is 14.3 Å². The molecule has 24 heavy (non-hydrogen) atoms.